The number of aromatic nitrogens is 1. The topological polar surface area (TPSA) is 8.17 Å². The van der Waals surface area contributed by atoms with Crippen molar-refractivity contribution < 1.29 is 0 Å². The molecule has 2 nitrogen and oxygen atoms in total. The molecule has 0 spiro atoms. The van der Waals surface area contributed by atoms with Crippen molar-refractivity contribution in [2.75, 3.05) is 4.90 Å². The zero-order valence-corrected chi connectivity index (χ0v) is 34.0. The summed E-state index contributed by atoms with van der Waals surface area (Å²) in [5.74, 6) is 0. The van der Waals surface area contributed by atoms with Gasteiger partial charge in [0.25, 0.3) is 0 Å². The van der Waals surface area contributed by atoms with Gasteiger partial charge in [-0.2, -0.15) is 0 Å². The van der Waals surface area contributed by atoms with E-state index in [1.54, 1.807) is 0 Å². The Labute approximate surface area is 360 Å². The van der Waals surface area contributed by atoms with Crippen LogP contribution in [0.15, 0.2) is 243 Å². The first-order valence-electron chi connectivity index (χ1n) is 21.3. The van der Waals surface area contributed by atoms with E-state index < -0.39 is 0 Å². The highest BCUT2D eigenvalue weighted by atomic mass is 15.1. The molecule has 0 aliphatic carbocycles. The molecule has 62 heavy (non-hydrogen) atoms. The van der Waals surface area contributed by atoms with E-state index >= 15 is 0 Å². The Bertz CT molecular complexity index is 3630. The van der Waals surface area contributed by atoms with Crippen molar-refractivity contribution in [1.82, 2.24) is 4.57 Å². The second kappa shape index (κ2) is 14.8. The fraction of sp³-hybridized carbons (Fsp3) is 0. The molecule has 290 valence electrons. The van der Waals surface area contributed by atoms with Crippen molar-refractivity contribution in [3.05, 3.63) is 243 Å². The number of anilines is 3. The van der Waals surface area contributed by atoms with Gasteiger partial charge in [-0.1, -0.05) is 188 Å². The molecule has 0 saturated heterocycles. The summed E-state index contributed by atoms with van der Waals surface area (Å²) in [5, 5.41) is 10.0. The second-order valence-corrected chi connectivity index (χ2v) is 16.1. The second-order valence-electron chi connectivity index (χ2n) is 16.1. The predicted molar refractivity (Wildman–Crippen MR) is 264 cm³/mol. The Kier molecular flexibility index (Phi) is 8.53. The maximum Gasteiger partial charge on any atom is 0.0547 e. The number of rotatable bonds is 7. The van der Waals surface area contributed by atoms with Crippen LogP contribution in [0.4, 0.5) is 17.1 Å². The molecule has 11 aromatic carbocycles. The number of para-hydroxylation sites is 2. The van der Waals surface area contributed by atoms with Crippen molar-refractivity contribution in [3.63, 3.8) is 0 Å². The number of hydrogen-bond acceptors (Lipinski definition) is 1. The molecule has 0 amide bonds. The van der Waals surface area contributed by atoms with Crippen LogP contribution in [-0.2, 0) is 0 Å². The van der Waals surface area contributed by atoms with Crippen molar-refractivity contribution in [1.29, 1.82) is 0 Å². The van der Waals surface area contributed by atoms with Crippen LogP contribution in [0.5, 0.6) is 0 Å². The summed E-state index contributed by atoms with van der Waals surface area (Å²) in [7, 11) is 0. The van der Waals surface area contributed by atoms with Gasteiger partial charge in [0.2, 0.25) is 0 Å². The first-order chi connectivity index (χ1) is 30.8. The van der Waals surface area contributed by atoms with Crippen LogP contribution in [0.25, 0.3) is 93.2 Å². The molecule has 0 fully saturated rings. The lowest BCUT2D eigenvalue weighted by Gasteiger charge is -2.28. The van der Waals surface area contributed by atoms with Gasteiger partial charge in [0.15, 0.2) is 0 Å². The van der Waals surface area contributed by atoms with Gasteiger partial charge in [0.1, 0.15) is 0 Å². The highest BCUT2D eigenvalue weighted by molar-refractivity contribution is 6.17. The highest BCUT2D eigenvalue weighted by Crippen LogP contribution is 2.45. The average Bonchev–Trinajstić information content (AvgIpc) is 3.69. The summed E-state index contributed by atoms with van der Waals surface area (Å²) in [4.78, 5) is 2.42. The Morgan fingerprint density at radius 3 is 1.76 bits per heavy atom. The van der Waals surface area contributed by atoms with E-state index in [9.17, 15) is 0 Å². The van der Waals surface area contributed by atoms with Gasteiger partial charge in [-0.15, -0.1) is 0 Å². The molecule has 1 aromatic heterocycles. The molecule has 0 saturated carbocycles. The fourth-order valence-electron chi connectivity index (χ4n) is 9.69. The van der Waals surface area contributed by atoms with Crippen LogP contribution in [0, 0.1) is 0 Å². The summed E-state index contributed by atoms with van der Waals surface area (Å²) < 4.78 is 2.45. The van der Waals surface area contributed by atoms with Crippen LogP contribution >= 0.6 is 0 Å². The Morgan fingerprint density at radius 2 is 0.887 bits per heavy atom. The van der Waals surface area contributed by atoms with E-state index in [0.29, 0.717) is 0 Å². The van der Waals surface area contributed by atoms with Crippen molar-refractivity contribution in [2.24, 2.45) is 0 Å². The molecule has 12 aromatic rings. The third kappa shape index (κ3) is 5.96. The molecule has 0 aliphatic rings. The van der Waals surface area contributed by atoms with Crippen LogP contribution < -0.4 is 4.90 Å². The summed E-state index contributed by atoms with van der Waals surface area (Å²) in [6.45, 7) is 0. The summed E-state index contributed by atoms with van der Waals surface area (Å²) in [5.41, 5.74) is 14.0. The molecule has 0 aliphatic heterocycles. The average molecular weight is 789 g/mol. The van der Waals surface area contributed by atoms with Crippen LogP contribution in [-0.4, -0.2) is 4.57 Å². The first-order valence-corrected chi connectivity index (χ1v) is 21.3. The largest absolute Gasteiger partial charge is 0.310 e. The molecule has 0 radical (unpaired) electrons. The first kappa shape index (κ1) is 35.7. The predicted octanol–water partition coefficient (Wildman–Crippen LogP) is 16.7. The molecule has 0 unspecified atom stereocenters. The minimum atomic E-state index is 1.09. The molecule has 0 bridgehead atoms. The number of nitrogens with zero attached hydrogens (tertiary/aromatic N) is 2. The zero-order valence-electron chi connectivity index (χ0n) is 34.0. The molecule has 0 N–H and O–H groups in total. The van der Waals surface area contributed by atoms with Crippen molar-refractivity contribution >= 4 is 71.2 Å². The fourth-order valence-corrected chi connectivity index (χ4v) is 9.69. The minimum Gasteiger partial charge on any atom is -0.310 e. The minimum absolute atomic E-state index is 1.09. The van der Waals surface area contributed by atoms with Gasteiger partial charge in [-0.3, -0.25) is 0 Å². The van der Waals surface area contributed by atoms with E-state index in [1.807, 2.05) is 0 Å². The van der Waals surface area contributed by atoms with Crippen LogP contribution in [0.1, 0.15) is 0 Å². The van der Waals surface area contributed by atoms with Crippen LogP contribution in [0.3, 0.4) is 0 Å². The SMILES string of the molecule is c1ccc(-c2ccccc2N(c2ccc(-c3ccc4c(ccc5ccccc54)c3)cc2)c2cccc(-c3cccc4c3c3ccccc3n4-c3cccc4ccccc34)c2)cc1. The molecule has 2 heteroatoms. The van der Waals surface area contributed by atoms with Crippen LogP contribution in [0.2, 0.25) is 0 Å². The molecular formula is C60H40N2. The van der Waals surface area contributed by atoms with Gasteiger partial charge < -0.3 is 9.47 Å². The lowest BCUT2D eigenvalue weighted by Crippen LogP contribution is -2.11. The van der Waals surface area contributed by atoms with Gasteiger partial charge in [0, 0.05) is 33.1 Å². The summed E-state index contributed by atoms with van der Waals surface area (Å²) in [6.07, 6.45) is 0. The van der Waals surface area contributed by atoms with E-state index in [4.69, 9.17) is 0 Å². The molecule has 0 atom stereocenters. The highest BCUT2D eigenvalue weighted by Gasteiger charge is 2.21. The smallest absolute Gasteiger partial charge is 0.0547 e. The maximum atomic E-state index is 2.45. The maximum absolute atomic E-state index is 2.45. The van der Waals surface area contributed by atoms with Gasteiger partial charge >= 0.3 is 0 Å². The lowest BCUT2D eigenvalue weighted by molar-refractivity contribution is 1.20. The number of benzene rings is 11. The number of fused-ring (bicyclic) bond motifs is 7. The third-order valence-corrected chi connectivity index (χ3v) is 12.6. The van der Waals surface area contributed by atoms with E-state index in [0.717, 1.165) is 22.6 Å². The Balaban J connectivity index is 1.02. The van der Waals surface area contributed by atoms with Gasteiger partial charge in [0.05, 0.1) is 22.4 Å². The summed E-state index contributed by atoms with van der Waals surface area (Å²) >= 11 is 0. The van der Waals surface area contributed by atoms with E-state index in [1.165, 1.54) is 87.6 Å². The summed E-state index contributed by atoms with van der Waals surface area (Å²) in [6, 6.07) is 88.5. The van der Waals surface area contributed by atoms with Gasteiger partial charge in [-0.25, -0.2) is 0 Å². The van der Waals surface area contributed by atoms with Crippen molar-refractivity contribution in [2.45, 2.75) is 0 Å². The van der Waals surface area contributed by atoms with E-state index in [-0.39, 0.29) is 0 Å². The Morgan fingerprint density at radius 1 is 0.290 bits per heavy atom. The Hall–Kier alpha value is -8.20. The number of hydrogen-bond donors (Lipinski definition) is 0. The van der Waals surface area contributed by atoms with Gasteiger partial charge in [-0.05, 0) is 109 Å². The third-order valence-electron chi connectivity index (χ3n) is 12.6. The van der Waals surface area contributed by atoms with Crippen molar-refractivity contribution in [3.8, 4) is 39.1 Å². The standard InChI is InChI=1S/C60H40N2/c1-2-15-42(16-3-1)52-24-8-10-27-56(52)61(48-36-33-41(34-37-48)45-35-38-51-47(39-45)32-31-44-18-4-6-22-50(44)51)49-21-12-20-46(40-49)54-26-14-30-59-60(54)55-25-9-11-28-58(55)62(59)57-29-13-19-43-17-5-7-23-53(43)57/h1-40H. The normalized spacial score (nSPS) is 11.5. The molecular weight excluding hydrogens is 749 g/mol. The molecule has 12 rings (SSSR count). The van der Waals surface area contributed by atoms with E-state index in [2.05, 4.69) is 252 Å². The quantitative estimate of drug-likeness (QED) is 0.146. The molecule has 1 heterocycles. The lowest BCUT2D eigenvalue weighted by atomic mass is 9.96. The zero-order chi connectivity index (χ0) is 41.0. The monoisotopic (exact) mass is 788 g/mol.